The molecule has 2 bridgehead atoms. The van der Waals surface area contributed by atoms with Crippen LogP contribution in [0.3, 0.4) is 0 Å². The van der Waals surface area contributed by atoms with Crippen molar-refractivity contribution in [3.05, 3.63) is 0 Å². The topological polar surface area (TPSA) is 12.5 Å². The molecule has 1 aliphatic heterocycles. The summed E-state index contributed by atoms with van der Waals surface area (Å²) >= 11 is 0. The lowest BCUT2D eigenvalue weighted by Gasteiger charge is -2.24. The summed E-state index contributed by atoms with van der Waals surface area (Å²) in [6, 6.07) is 0.806. The van der Waals surface area contributed by atoms with Gasteiger partial charge in [-0.1, -0.05) is 40.5 Å². The van der Waals surface area contributed by atoms with E-state index in [1.165, 1.54) is 32.1 Å². The van der Waals surface area contributed by atoms with E-state index in [0.717, 1.165) is 19.2 Å². The molecule has 2 fully saturated rings. The molecule has 0 aromatic rings. The van der Waals surface area contributed by atoms with Crippen LogP contribution in [-0.4, -0.2) is 37.2 Å². The maximum Gasteiger partial charge on any atom is 0.0597 e. The predicted octanol–water partition coefficient (Wildman–Crippen LogP) is 3.70. The van der Waals surface area contributed by atoms with Gasteiger partial charge in [-0.25, -0.2) is 0 Å². The van der Waals surface area contributed by atoms with Gasteiger partial charge in [0.2, 0.25) is 0 Å². The largest absolute Gasteiger partial charge is 0.377 e. The average molecular weight is 229 g/mol. The number of nitrogens with zero attached hydrogens (tertiary/aromatic N) is 1. The molecule has 2 nitrogen and oxygen atoms in total. The molecule has 0 amide bonds. The van der Waals surface area contributed by atoms with Gasteiger partial charge < -0.3 is 9.64 Å². The average Bonchev–Trinajstić information content (AvgIpc) is 2.69. The number of likely N-dealkylation sites (N-methyl/N-ethyl adjacent to an activating group) is 1. The van der Waals surface area contributed by atoms with Gasteiger partial charge in [-0.15, -0.1) is 0 Å². The number of ether oxygens (including phenoxy) is 1. The molecule has 0 radical (unpaired) electrons. The van der Waals surface area contributed by atoms with Crippen LogP contribution in [0.15, 0.2) is 0 Å². The van der Waals surface area contributed by atoms with Crippen molar-refractivity contribution in [3.8, 4) is 0 Å². The second kappa shape index (κ2) is 10.1. The second-order valence-corrected chi connectivity index (χ2v) is 4.15. The Kier molecular flexibility index (Phi) is 10.0. The molecule has 1 aliphatic carbocycles. The molecule has 2 unspecified atom stereocenters. The molecule has 1 saturated carbocycles. The Morgan fingerprint density at radius 1 is 1.00 bits per heavy atom. The van der Waals surface area contributed by atoms with Crippen LogP contribution in [-0.2, 0) is 4.74 Å². The van der Waals surface area contributed by atoms with Gasteiger partial charge in [-0.05, 0) is 26.3 Å². The SMILES string of the molecule is CC.CC.CN1CCOC2CCCCC1C2. The Labute approximate surface area is 102 Å². The van der Waals surface area contributed by atoms with Gasteiger partial charge in [0.05, 0.1) is 12.7 Å². The monoisotopic (exact) mass is 229 g/mol. The molecule has 2 atom stereocenters. The van der Waals surface area contributed by atoms with Gasteiger partial charge in [-0.2, -0.15) is 0 Å². The highest BCUT2D eigenvalue weighted by Gasteiger charge is 2.26. The quantitative estimate of drug-likeness (QED) is 0.628. The fraction of sp³-hybridized carbons (Fsp3) is 1.00. The van der Waals surface area contributed by atoms with Gasteiger partial charge in [-0.3, -0.25) is 0 Å². The summed E-state index contributed by atoms with van der Waals surface area (Å²) < 4.78 is 5.78. The first-order valence-electron chi connectivity index (χ1n) is 7.18. The summed E-state index contributed by atoms with van der Waals surface area (Å²) in [6.07, 6.45) is 7.30. The summed E-state index contributed by atoms with van der Waals surface area (Å²) in [6.45, 7) is 10.1. The molecular weight excluding hydrogens is 198 g/mol. The summed E-state index contributed by atoms with van der Waals surface area (Å²) in [4.78, 5) is 2.48. The lowest BCUT2D eigenvalue weighted by atomic mass is 10.1. The molecule has 2 aliphatic rings. The molecule has 2 heteroatoms. The molecule has 0 aromatic carbocycles. The van der Waals surface area contributed by atoms with Crippen molar-refractivity contribution in [2.45, 2.75) is 71.9 Å². The van der Waals surface area contributed by atoms with Crippen LogP contribution in [0.1, 0.15) is 59.8 Å². The van der Waals surface area contributed by atoms with E-state index in [9.17, 15) is 0 Å². The minimum absolute atomic E-state index is 0.572. The van der Waals surface area contributed by atoms with E-state index >= 15 is 0 Å². The van der Waals surface area contributed by atoms with Crippen molar-refractivity contribution in [2.75, 3.05) is 20.2 Å². The first kappa shape index (κ1) is 15.9. The standard InChI is InChI=1S/C10H19NO.2C2H6/c1-11-6-7-12-10-5-3-2-4-9(11)8-10;2*1-2/h9-10H,2-8H2,1H3;2*1-2H3. The van der Waals surface area contributed by atoms with Crippen molar-refractivity contribution in [2.24, 2.45) is 0 Å². The number of rotatable bonds is 0. The zero-order valence-electron chi connectivity index (χ0n) is 12.0. The zero-order chi connectivity index (χ0) is 12.4. The van der Waals surface area contributed by atoms with Gasteiger partial charge in [0.25, 0.3) is 0 Å². The highest BCUT2D eigenvalue weighted by atomic mass is 16.5. The molecule has 1 saturated heterocycles. The van der Waals surface area contributed by atoms with E-state index in [-0.39, 0.29) is 0 Å². The van der Waals surface area contributed by atoms with Crippen molar-refractivity contribution < 1.29 is 4.74 Å². The van der Waals surface area contributed by atoms with Crippen molar-refractivity contribution in [1.82, 2.24) is 4.90 Å². The third-order valence-corrected chi connectivity index (χ3v) is 3.27. The molecule has 16 heavy (non-hydrogen) atoms. The van der Waals surface area contributed by atoms with E-state index in [1.807, 2.05) is 27.7 Å². The van der Waals surface area contributed by atoms with Crippen LogP contribution in [0.25, 0.3) is 0 Å². The lowest BCUT2D eigenvalue weighted by molar-refractivity contribution is 0.0564. The van der Waals surface area contributed by atoms with Crippen molar-refractivity contribution in [1.29, 1.82) is 0 Å². The van der Waals surface area contributed by atoms with Crippen molar-refractivity contribution >= 4 is 0 Å². The summed E-state index contributed by atoms with van der Waals surface area (Å²) in [5.74, 6) is 0. The number of hydrogen-bond acceptors (Lipinski definition) is 2. The lowest BCUT2D eigenvalue weighted by Crippen LogP contribution is -2.32. The molecule has 98 valence electrons. The molecule has 0 N–H and O–H groups in total. The fourth-order valence-corrected chi connectivity index (χ4v) is 2.39. The smallest absolute Gasteiger partial charge is 0.0597 e. The molecular formula is C14H31NO. The normalized spacial score (nSPS) is 29.8. The zero-order valence-corrected chi connectivity index (χ0v) is 12.0. The molecule has 1 heterocycles. The Hall–Kier alpha value is -0.0800. The Balaban J connectivity index is 0.000000509. The first-order valence-corrected chi connectivity index (χ1v) is 7.18. The van der Waals surface area contributed by atoms with Crippen LogP contribution < -0.4 is 0 Å². The van der Waals surface area contributed by atoms with Crippen LogP contribution >= 0.6 is 0 Å². The van der Waals surface area contributed by atoms with Gasteiger partial charge in [0.15, 0.2) is 0 Å². The number of fused-ring (bicyclic) bond motifs is 2. The minimum atomic E-state index is 0.572. The van der Waals surface area contributed by atoms with Gasteiger partial charge >= 0.3 is 0 Å². The van der Waals surface area contributed by atoms with Crippen LogP contribution in [0.5, 0.6) is 0 Å². The highest BCUT2D eigenvalue weighted by Crippen LogP contribution is 2.25. The highest BCUT2D eigenvalue weighted by molar-refractivity contribution is 4.80. The molecule has 0 aromatic heterocycles. The van der Waals surface area contributed by atoms with E-state index in [2.05, 4.69) is 11.9 Å². The second-order valence-electron chi connectivity index (χ2n) is 4.15. The minimum Gasteiger partial charge on any atom is -0.377 e. The van der Waals surface area contributed by atoms with Gasteiger partial charge in [0.1, 0.15) is 0 Å². The van der Waals surface area contributed by atoms with Crippen LogP contribution in [0.2, 0.25) is 0 Å². The maximum atomic E-state index is 5.78. The first-order chi connectivity index (χ1) is 7.86. The van der Waals surface area contributed by atoms with E-state index < -0.39 is 0 Å². The summed E-state index contributed by atoms with van der Waals surface area (Å²) in [5.41, 5.74) is 0. The van der Waals surface area contributed by atoms with Crippen LogP contribution in [0, 0.1) is 0 Å². The van der Waals surface area contributed by atoms with Gasteiger partial charge in [0, 0.05) is 12.6 Å². The van der Waals surface area contributed by atoms with E-state index in [4.69, 9.17) is 4.74 Å². The predicted molar refractivity (Wildman–Crippen MR) is 71.9 cm³/mol. The summed E-state index contributed by atoms with van der Waals surface area (Å²) in [5, 5.41) is 0. The van der Waals surface area contributed by atoms with Crippen molar-refractivity contribution in [3.63, 3.8) is 0 Å². The van der Waals surface area contributed by atoms with E-state index in [1.54, 1.807) is 0 Å². The molecule has 2 rings (SSSR count). The Morgan fingerprint density at radius 3 is 2.31 bits per heavy atom. The van der Waals surface area contributed by atoms with E-state index in [0.29, 0.717) is 6.10 Å². The number of hydrogen-bond donors (Lipinski definition) is 0. The Morgan fingerprint density at radius 2 is 1.62 bits per heavy atom. The maximum absolute atomic E-state index is 5.78. The third-order valence-electron chi connectivity index (χ3n) is 3.27. The molecule has 0 spiro atoms. The fourth-order valence-electron chi connectivity index (χ4n) is 2.39. The third kappa shape index (κ3) is 5.31. The summed E-state index contributed by atoms with van der Waals surface area (Å²) in [7, 11) is 2.24. The van der Waals surface area contributed by atoms with Crippen LogP contribution in [0.4, 0.5) is 0 Å². The Bertz CT molecular complexity index is 150.